The van der Waals surface area contributed by atoms with Crippen LogP contribution in [-0.4, -0.2) is 61.1 Å². The molecule has 2 saturated heterocycles. The molecule has 0 amide bonds. The lowest BCUT2D eigenvalue weighted by Crippen LogP contribution is -2.67. The quantitative estimate of drug-likeness (QED) is 0.651. The first-order chi connectivity index (χ1) is 17.0. The van der Waals surface area contributed by atoms with Gasteiger partial charge in [0.1, 0.15) is 5.82 Å². The first kappa shape index (κ1) is 24.5. The number of nitrogens with zero attached hydrogens (tertiary/aromatic N) is 2. The Balaban J connectivity index is 1.37. The number of hydrogen-bond acceptors (Lipinski definition) is 4. The zero-order chi connectivity index (χ0) is 24.4. The van der Waals surface area contributed by atoms with E-state index in [1.807, 2.05) is 12.1 Å². The second-order valence-electron chi connectivity index (χ2n) is 9.98. The molecule has 2 aliphatic heterocycles. The number of sulfonamides is 1. The summed E-state index contributed by atoms with van der Waals surface area (Å²) in [5.74, 6) is 6.81. The minimum atomic E-state index is -3.73. The smallest absolute Gasteiger partial charge is 0.243 e. The second kappa shape index (κ2) is 10.4. The SMILES string of the molecule is O=S(=O)(c1ccc(F)cc1)N1CCCCN2[C@H](CO)[C@@H](c3ccc(C#CC4CCCC4)cc3)[C@H]2C1. The molecular weight excluding hydrogens is 463 g/mol. The van der Waals surface area contributed by atoms with Gasteiger partial charge in [0.05, 0.1) is 11.5 Å². The van der Waals surface area contributed by atoms with E-state index in [1.54, 1.807) is 4.31 Å². The fourth-order valence-corrected chi connectivity index (χ4v) is 7.42. The number of fused-ring (bicyclic) bond motifs is 1. The molecule has 0 aromatic heterocycles. The summed E-state index contributed by atoms with van der Waals surface area (Å²) in [7, 11) is -3.73. The van der Waals surface area contributed by atoms with E-state index in [1.165, 1.54) is 49.9 Å². The van der Waals surface area contributed by atoms with Crippen LogP contribution in [0.5, 0.6) is 0 Å². The molecule has 0 bridgehead atoms. The molecule has 5 rings (SSSR count). The highest BCUT2D eigenvalue weighted by molar-refractivity contribution is 7.89. The molecule has 35 heavy (non-hydrogen) atoms. The first-order valence-electron chi connectivity index (χ1n) is 12.7. The van der Waals surface area contributed by atoms with Crippen LogP contribution in [0.4, 0.5) is 4.39 Å². The van der Waals surface area contributed by atoms with Crippen molar-refractivity contribution in [3.63, 3.8) is 0 Å². The Kier molecular flexibility index (Phi) is 7.26. The summed E-state index contributed by atoms with van der Waals surface area (Å²) in [5, 5.41) is 10.2. The van der Waals surface area contributed by atoms with Crippen LogP contribution >= 0.6 is 0 Å². The van der Waals surface area contributed by atoms with Crippen molar-refractivity contribution in [2.24, 2.45) is 5.92 Å². The molecule has 1 N–H and O–H groups in total. The Hall–Kier alpha value is -2.24. The third-order valence-corrected chi connectivity index (χ3v) is 9.73. The molecule has 7 heteroatoms. The lowest BCUT2D eigenvalue weighted by Gasteiger charge is -2.57. The number of aliphatic hydroxyl groups is 1. The van der Waals surface area contributed by atoms with Gasteiger partial charge in [0.15, 0.2) is 0 Å². The zero-order valence-corrected chi connectivity index (χ0v) is 20.8. The Morgan fingerprint density at radius 3 is 2.31 bits per heavy atom. The van der Waals surface area contributed by atoms with Gasteiger partial charge < -0.3 is 5.11 Å². The Morgan fingerprint density at radius 2 is 1.63 bits per heavy atom. The summed E-state index contributed by atoms with van der Waals surface area (Å²) in [6.45, 7) is 1.68. The number of benzene rings is 2. The van der Waals surface area contributed by atoms with Crippen molar-refractivity contribution in [2.45, 2.75) is 61.4 Å². The van der Waals surface area contributed by atoms with Gasteiger partial charge in [0, 0.05) is 42.6 Å². The van der Waals surface area contributed by atoms with Gasteiger partial charge in [0.25, 0.3) is 0 Å². The molecule has 2 aromatic rings. The number of rotatable bonds is 4. The molecule has 5 nitrogen and oxygen atoms in total. The van der Waals surface area contributed by atoms with Gasteiger partial charge in [-0.1, -0.05) is 36.8 Å². The van der Waals surface area contributed by atoms with Gasteiger partial charge in [-0.2, -0.15) is 4.31 Å². The molecule has 0 spiro atoms. The fourth-order valence-electron chi connectivity index (χ4n) is 5.93. The van der Waals surface area contributed by atoms with Gasteiger partial charge >= 0.3 is 0 Å². The Bertz CT molecular complexity index is 1180. The van der Waals surface area contributed by atoms with Crippen LogP contribution in [-0.2, 0) is 10.0 Å². The van der Waals surface area contributed by atoms with Gasteiger partial charge in [0.2, 0.25) is 10.0 Å². The maximum Gasteiger partial charge on any atom is 0.243 e. The molecule has 0 radical (unpaired) electrons. The van der Waals surface area contributed by atoms with Crippen molar-refractivity contribution >= 4 is 10.0 Å². The van der Waals surface area contributed by atoms with Crippen molar-refractivity contribution in [1.29, 1.82) is 0 Å². The summed E-state index contributed by atoms with van der Waals surface area (Å²) in [4.78, 5) is 2.37. The highest BCUT2D eigenvalue weighted by atomic mass is 32.2. The fraction of sp³-hybridized carbons (Fsp3) is 0.500. The first-order valence-corrected chi connectivity index (χ1v) is 14.2. The molecule has 3 atom stereocenters. The molecule has 1 saturated carbocycles. The van der Waals surface area contributed by atoms with E-state index >= 15 is 0 Å². The van der Waals surface area contributed by atoms with Gasteiger partial charge in [-0.15, -0.1) is 0 Å². The molecule has 2 heterocycles. The van der Waals surface area contributed by atoms with Crippen LogP contribution in [0.2, 0.25) is 0 Å². The Labute approximate surface area is 208 Å². The van der Waals surface area contributed by atoms with Crippen molar-refractivity contribution < 1.29 is 17.9 Å². The van der Waals surface area contributed by atoms with E-state index in [9.17, 15) is 17.9 Å². The predicted octanol–water partition coefficient (Wildman–Crippen LogP) is 3.98. The van der Waals surface area contributed by atoms with Crippen molar-refractivity contribution in [1.82, 2.24) is 9.21 Å². The number of halogens is 1. The summed E-state index contributed by atoms with van der Waals surface area (Å²) >= 11 is 0. The van der Waals surface area contributed by atoms with Crippen molar-refractivity contribution in [3.8, 4) is 11.8 Å². The van der Waals surface area contributed by atoms with Crippen molar-refractivity contribution in [3.05, 3.63) is 65.5 Å². The van der Waals surface area contributed by atoms with E-state index < -0.39 is 15.8 Å². The zero-order valence-electron chi connectivity index (χ0n) is 19.9. The number of hydrogen-bond donors (Lipinski definition) is 1. The molecule has 3 fully saturated rings. The van der Waals surface area contributed by atoms with Crippen LogP contribution in [0, 0.1) is 23.6 Å². The number of aliphatic hydroxyl groups excluding tert-OH is 1. The van der Waals surface area contributed by atoms with Crippen LogP contribution < -0.4 is 0 Å². The lowest BCUT2D eigenvalue weighted by molar-refractivity contribution is -0.0553. The third-order valence-electron chi connectivity index (χ3n) is 7.86. The highest BCUT2D eigenvalue weighted by Crippen LogP contribution is 2.42. The highest BCUT2D eigenvalue weighted by Gasteiger charge is 2.50. The minimum absolute atomic E-state index is 0.0157. The van der Waals surface area contributed by atoms with Crippen LogP contribution in [0.1, 0.15) is 55.6 Å². The van der Waals surface area contributed by atoms with E-state index in [2.05, 4.69) is 28.9 Å². The summed E-state index contributed by atoms with van der Waals surface area (Å²) in [5.41, 5.74) is 2.10. The predicted molar refractivity (Wildman–Crippen MR) is 134 cm³/mol. The normalized spacial score (nSPS) is 26.2. The average Bonchev–Trinajstić information content (AvgIpc) is 3.36. The third kappa shape index (κ3) is 5.03. The molecule has 186 valence electrons. The lowest BCUT2D eigenvalue weighted by atomic mass is 9.74. The minimum Gasteiger partial charge on any atom is -0.395 e. The van der Waals surface area contributed by atoms with E-state index in [-0.39, 0.29) is 29.5 Å². The molecular formula is C28H33FN2O3S. The van der Waals surface area contributed by atoms with Crippen molar-refractivity contribution in [2.75, 3.05) is 26.2 Å². The van der Waals surface area contributed by atoms with E-state index in [0.29, 0.717) is 19.0 Å². The summed E-state index contributed by atoms with van der Waals surface area (Å²) in [6, 6.07) is 13.3. The standard InChI is InChI=1S/C28H33FN2O3S/c29-24-13-15-25(16-14-24)35(33,34)30-17-3-4-18-31-26(19-30)28(27(31)20-32)23-11-9-22(10-12-23)8-7-21-5-1-2-6-21/h9-16,21,26-28,32H,1-6,17-20H2/t26-,27-,28+/m1/s1. The van der Waals surface area contributed by atoms with Crippen LogP contribution in [0.25, 0.3) is 0 Å². The monoisotopic (exact) mass is 496 g/mol. The summed E-state index contributed by atoms with van der Waals surface area (Å²) < 4.78 is 41.7. The van der Waals surface area contributed by atoms with Crippen LogP contribution in [0.3, 0.4) is 0 Å². The second-order valence-corrected chi connectivity index (χ2v) is 11.9. The topological polar surface area (TPSA) is 60.9 Å². The largest absolute Gasteiger partial charge is 0.395 e. The van der Waals surface area contributed by atoms with E-state index in [4.69, 9.17) is 0 Å². The molecule has 1 aliphatic carbocycles. The molecule has 3 aliphatic rings. The van der Waals surface area contributed by atoms with Crippen LogP contribution in [0.15, 0.2) is 53.4 Å². The molecule has 0 unspecified atom stereocenters. The maximum atomic E-state index is 13.4. The molecule has 2 aromatic carbocycles. The van der Waals surface area contributed by atoms with E-state index in [0.717, 1.165) is 30.5 Å². The Morgan fingerprint density at radius 1 is 0.943 bits per heavy atom. The van der Waals surface area contributed by atoms with Gasteiger partial charge in [-0.25, -0.2) is 12.8 Å². The summed E-state index contributed by atoms with van der Waals surface area (Å²) in [6.07, 6.45) is 6.55. The van der Waals surface area contributed by atoms with Gasteiger partial charge in [-0.05, 0) is 74.2 Å². The average molecular weight is 497 g/mol. The maximum absolute atomic E-state index is 13.4. The van der Waals surface area contributed by atoms with Gasteiger partial charge in [-0.3, -0.25) is 4.90 Å².